The first-order valence-electron chi connectivity index (χ1n) is 7.22. The van der Waals surface area contributed by atoms with Crippen LogP contribution in [-0.4, -0.2) is 21.8 Å². The van der Waals surface area contributed by atoms with Gasteiger partial charge >= 0.3 is 0 Å². The third-order valence-corrected chi connectivity index (χ3v) is 4.80. The first kappa shape index (κ1) is 17.5. The molecule has 0 amide bonds. The number of benzene rings is 1. The van der Waals surface area contributed by atoms with Gasteiger partial charge in [0.1, 0.15) is 21.5 Å². The molecule has 0 aliphatic heterocycles. The van der Waals surface area contributed by atoms with E-state index in [2.05, 4.69) is 10.1 Å². The number of halogens is 3. The van der Waals surface area contributed by atoms with Crippen LogP contribution in [0.5, 0.6) is 0 Å². The van der Waals surface area contributed by atoms with Crippen LogP contribution in [-0.2, 0) is 6.54 Å². The van der Waals surface area contributed by atoms with Gasteiger partial charge in [0.05, 0.1) is 18.4 Å². The molecule has 2 aromatic heterocycles. The van der Waals surface area contributed by atoms with Crippen molar-refractivity contribution < 1.29 is 8.78 Å². The highest BCUT2D eigenvalue weighted by molar-refractivity contribution is 7.09. The Hall–Kier alpha value is -2.32. The summed E-state index contributed by atoms with van der Waals surface area (Å²) in [5.41, 5.74) is 0.461. The fourth-order valence-corrected chi connectivity index (χ4v) is 3.38. The molecule has 0 radical (unpaired) electrons. The number of nitrogens with zero attached hydrogens (tertiary/aromatic N) is 4. The molecule has 9 heteroatoms. The maximum absolute atomic E-state index is 13.9. The number of hydrogen-bond donors (Lipinski definition) is 0. The van der Waals surface area contributed by atoms with Crippen LogP contribution in [0.3, 0.4) is 0 Å². The van der Waals surface area contributed by atoms with E-state index in [0.29, 0.717) is 18.3 Å². The van der Waals surface area contributed by atoms with Gasteiger partial charge in [-0.1, -0.05) is 11.6 Å². The Bertz CT molecular complexity index is 989. The van der Waals surface area contributed by atoms with Crippen molar-refractivity contribution >= 4 is 28.6 Å². The van der Waals surface area contributed by atoms with Crippen LogP contribution in [0.1, 0.15) is 10.7 Å². The number of aromatic nitrogens is 3. The molecule has 0 spiro atoms. The highest BCUT2D eigenvalue weighted by Gasteiger charge is 2.17. The van der Waals surface area contributed by atoms with E-state index in [1.165, 1.54) is 17.5 Å². The molecular weight excluding hydrogens is 370 g/mol. The SMILES string of the molecule is Cc1csc(CN(C)c2cnn(-c3ccc(F)cc3F)c(=O)c2Cl)n1. The molecule has 0 saturated heterocycles. The molecule has 3 rings (SSSR count). The zero-order valence-corrected chi connectivity index (χ0v) is 14.9. The predicted octanol–water partition coefficient (Wildman–Crippen LogP) is 3.57. The van der Waals surface area contributed by atoms with Gasteiger partial charge in [-0.25, -0.2) is 13.8 Å². The summed E-state index contributed by atoms with van der Waals surface area (Å²) in [6.07, 6.45) is 1.37. The van der Waals surface area contributed by atoms with E-state index in [0.717, 1.165) is 27.5 Å². The minimum atomic E-state index is -0.898. The fraction of sp³-hybridized carbons (Fsp3) is 0.188. The van der Waals surface area contributed by atoms with Gasteiger partial charge in [-0.15, -0.1) is 11.3 Å². The van der Waals surface area contributed by atoms with Crippen molar-refractivity contribution in [1.29, 1.82) is 0 Å². The van der Waals surface area contributed by atoms with E-state index in [9.17, 15) is 13.6 Å². The van der Waals surface area contributed by atoms with Gasteiger partial charge in [-0.2, -0.15) is 9.78 Å². The minimum Gasteiger partial charge on any atom is -0.365 e. The maximum Gasteiger partial charge on any atom is 0.292 e. The van der Waals surface area contributed by atoms with Crippen molar-refractivity contribution in [1.82, 2.24) is 14.8 Å². The summed E-state index contributed by atoms with van der Waals surface area (Å²) in [7, 11) is 1.75. The second kappa shape index (κ2) is 6.89. The summed E-state index contributed by atoms with van der Waals surface area (Å²) in [5.74, 6) is -1.64. The van der Waals surface area contributed by atoms with E-state index in [1.54, 1.807) is 11.9 Å². The summed E-state index contributed by atoms with van der Waals surface area (Å²) in [4.78, 5) is 18.6. The quantitative estimate of drug-likeness (QED) is 0.692. The molecule has 0 aliphatic carbocycles. The normalized spacial score (nSPS) is 10.9. The van der Waals surface area contributed by atoms with Crippen LogP contribution >= 0.6 is 22.9 Å². The fourth-order valence-electron chi connectivity index (χ4n) is 2.28. The molecule has 0 atom stereocenters. The maximum atomic E-state index is 13.9. The number of rotatable bonds is 4. The minimum absolute atomic E-state index is 0.102. The topological polar surface area (TPSA) is 51.0 Å². The summed E-state index contributed by atoms with van der Waals surface area (Å²) >= 11 is 7.67. The van der Waals surface area contributed by atoms with E-state index in [-0.39, 0.29) is 10.7 Å². The largest absolute Gasteiger partial charge is 0.365 e. The molecule has 5 nitrogen and oxygen atoms in total. The van der Waals surface area contributed by atoms with Crippen LogP contribution in [0, 0.1) is 18.6 Å². The van der Waals surface area contributed by atoms with Crippen molar-refractivity contribution in [2.24, 2.45) is 0 Å². The van der Waals surface area contributed by atoms with Gasteiger partial charge in [0.2, 0.25) is 0 Å². The average Bonchev–Trinajstić information content (AvgIpc) is 2.95. The first-order chi connectivity index (χ1) is 11.9. The Labute approximate surface area is 151 Å². The molecule has 0 unspecified atom stereocenters. The Morgan fingerprint density at radius 2 is 2.12 bits per heavy atom. The third-order valence-electron chi connectivity index (χ3n) is 3.49. The van der Waals surface area contributed by atoms with Gasteiger partial charge in [-0.05, 0) is 19.1 Å². The van der Waals surface area contributed by atoms with Gasteiger partial charge in [0.25, 0.3) is 5.56 Å². The lowest BCUT2D eigenvalue weighted by molar-refractivity contribution is 0.570. The Morgan fingerprint density at radius 1 is 1.36 bits per heavy atom. The third kappa shape index (κ3) is 3.54. The number of thiazole rings is 1. The van der Waals surface area contributed by atoms with E-state index in [4.69, 9.17) is 11.6 Å². The average molecular weight is 383 g/mol. The summed E-state index contributed by atoms with van der Waals surface area (Å²) in [6, 6.07) is 2.87. The Balaban J connectivity index is 1.96. The van der Waals surface area contributed by atoms with E-state index in [1.807, 2.05) is 12.3 Å². The smallest absolute Gasteiger partial charge is 0.292 e. The van der Waals surface area contributed by atoms with Crippen LogP contribution in [0.2, 0.25) is 5.02 Å². The molecular formula is C16H13ClF2N4OS. The first-order valence-corrected chi connectivity index (χ1v) is 8.48. The Kier molecular flexibility index (Phi) is 4.82. The molecule has 0 bridgehead atoms. The van der Waals surface area contributed by atoms with Gasteiger partial charge < -0.3 is 4.90 Å². The molecule has 0 N–H and O–H groups in total. The predicted molar refractivity (Wildman–Crippen MR) is 93.7 cm³/mol. The lowest BCUT2D eigenvalue weighted by Gasteiger charge is -2.19. The monoisotopic (exact) mass is 382 g/mol. The number of anilines is 1. The van der Waals surface area contributed by atoms with Crippen LogP contribution < -0.4 is 10.5 Å². The van der Waals surface area contributed by atoms with Gasteiger partial charge in [0, 0.05) is 24.2 Å². The molecule has 0 fully saturated rings. The Morgan fingerprint density at radius 3 is 2.76 bits per heavy atom. The summed E-state index contributed by atoms with van der Waals surface area (Å²) in [5, 5.41) is 6.66. The standard InChI is InChI=1S/C16H13ClF2N4OS/c1-9-8-25-14(21-9)7-22(2)13-6-20-23(16(24)15(13)17)12-4-3-10(18)5-11(12)19/h3-6,8H,7H2,1-2H3. The van der Waals surface area contributed by atoms with E-state index >= 15 is 0 Å². The number of aryl methyl sites for hydroxylation is 1. The highest BCUT2D eigenvalue weighted by atomic mass is 35.5. The lowest BCUT2D eigenvalue weighted by Crippen LogP contribution is -2.26. The zero-order chi connectivity index (χ0) is 18.1. The van der Waals surface area contributed by atoms with Crippen molar-refractivity contribution in [2.45, 2.75) is 13.5 Å². The summed E-state index contributed by atoms with van der Waals surface area (Å²) < 4.78 is 27.7. The van der Waals surface area contributed by atoms with Crippen molar-refractivity contribution in [3.05, 3.63) is 67.5 Å². The number of hydrogen-bond acceptors (Lipinski definition) is 5. The highest BCUT2D eigenvalue weighted by Crippen LogP contribution is 2.23. The molecule has 3 aromatic rings. The van der Waals surface area contributed by atoms with Gasteiger partial charge in [-0.3, -0.25) is 4.79 Å². The van der Waals surface area contributed by atoms with E-state index < -0.39 is 17.2 Å². The zero-order valence-electron chi connectivity index (χ0n) is 13.3. The molecule has 1 aromatic carbocycles. The van der Waals surface area contributed by atoms with Gasteiger partial charge in [0.15, 0.2) is 5.82 Å². The van der Waals surface area contributed by atoms with Crippen molar-refractivity contribution in [3.63, 3.8) is 0 Å². The van der Waals surface area contributed by atoms with Crippen LogP contribution in [0.15, 0.2) is 34.6 Å². The molecule has 0 saturated carbocycles. The molecule has 130 valence electrons. The second-order valence-corrected chi connectivity index (χ2v) is 6.72. The lowest BCUT2D eigenvalue weighted by atomic mass is 10.3. The molecule has 2 heterocycles. The van der Waals surface area contributed by atoms with Crippen molar-refractivity contribution in [3.8, 4) is 5.69 Å². The second-order valence-electron chi connectivity index (χ2n) is 5.40. The molecule has 25 heavy (non-hydrogen) atoms. The van der Waals surface area contributed by atoms with Crippen LogP contribution in [0.25, 0.3) is 5.69 Å². The van der Waals surface area contributed by atoms with Crippen molar-refractivity contribution in [2.75, 3.05) is 11.9 Å². The summed E-state index contributed by atoms with van der Waals surface area (Å²) in [6.45, 7) is 2.35. The molecule has 0 aliphatic rings. The van der Waals surface area contributed by atoms with Crippen LogP contribution in [0.4, 0.5) is 14.5 Å².